The van der Waals surface area contributed by atoms with Crippen LogP contribution < -0.4 is 25.6 Å². The van der Waals surface area contributed by atoms with Crippen molar-refractivity contribution in [2.24, 2.45) is 0 Å². The van der Waals surface area contributed by atoms with Gasteiger partial charge in [-0.05, 0) is 83.8 Å². The molecule has 0 radical (unpaired) electrons. The van der Waals surface area contributed by atoms with E-state index in [0.29, 0.717) is 23.0 Å². The van der Waals surface area contributed by atoms with Crippen molar-refractivity contribution in [1.82, 2.24) is 16.2 Å². The minimum atomic E-state index is -0.473. The van der Waals surface area contributed by atoms with E-state index in [0.717, 1.165) is 14.5 Å². The first-order valence-electron chi connectivity index (χ1n) is 9.85. The molecule has 2 rings (SSSR count). The molecule has 7 nitrogen and oxygen atoms in total. The first kappa shape index (κ1) is 26.1. The molecule has 10 heteroatoms. The van der Waals surface area contributed by atoms with Gasteiger partial charge in [0.1, 0.15) is 11.5 Å². The topological polar surface area (TPSA) is 88.7 Å². The van der Waals surface area contributed by atoms with Crippen molar-refractivity contribution >= 4 is 61.0 Å². The van der Waals surface area contributed by atoms with E-state index < -0.39 is 11.8 Å². The lowest BCUT2D eigenvalue weighted by atomic mass is 10.0. The van der Waals surface area contributed by atoms with Gasteiger partial charge >= 0.3 is 0 Å². The molecule has 0 saturated carbocycles. The van der Waals surface area contributed by atoms with E-state index in [4.69, 9.17) is 21.7 Å². The SMILES string of the molecule is CC(C)Oc1ccc(Br)cc1C(=O)NC(=S)NNC(=O)COc1ccc(C(C)C)cc1Br. The van der Waals surface area contributed by atoms with Crippen molar-refractivity contribution < 1.29 is 19.1 Å². The molecule has 0 heterocycles. The summed E-state index contributed by atoms with van der Waals surface area (Å²) >= 11 is 11.9. The molecule has 2 aromatic carbocycles. The van der Waals surface area contributed by atoms with Gasteiger partial charge in [0.05, 0.1) is 16.1 Å². The summed E-state index contributed by atoms with van der Waals surface area (Å²) in [4.78, 5) is 24.7. The van der Waals surface area contributed by atoms with Gasteiger partial charge in [0.25, 0.3) is 11.8 Å². The summed E-state index contributed by atoms with van der Waals surface area (Å²) in [5, 5.41) is 2.44. The third-order valence-corrected chi connectivity index (χ3v) is 5.39. The average Bonchev–Trinajstić information content (AvgIpc) is 2.72. The summed E-state index contributed by atoms with van der Waals surface area (Å²) in [5.74, 6) is 0.420. The molecule has 32 heavy (non-hydrogen) atoms. The quantitative estimate of drug-likeness (QED) is 0.318. The number of thiocarbonyl (C=S) groups is 1. The van der Waals surface area contributed by atoms with Crippen LogP contribution in [0.4, 0.5) is 0 Å². The summed E-state index contributed by atoms with van der Waals surface area (Å²) in [7, 11) is 0. The van der Waals surface area contributed by atoms with Gasteiger partial charge in [-0.3, -0.25) is 25.8 Å². The number of hydrogen-bond acceptors (Lipinski definition) is 5. The Morgan fingerprint density at radius 1 is 1.00 bits per heavy atom. The minimum absolute atomic E-state index is 0.0683. The largest absolute Gasteiger partial charge is 0.490 e. The molecule has 0 spiro atoms. The maximum Gasteiger partial charge on any atom is 0.276 e. The van der Waals surface area contributed by atoms with Crippen LogP contribution in [0.15, 0.2) is 45.3 Å². The molecule has 0 unspecified atom stereocenters. The maximum atomic E-state index is 12.6. The highest BCUT2D eigenvalue weighted by Gasteiger charge is 2.16. The van der Waals surface area contributed by atoms with Crippen LogP contribution >= 0.6 is 44.1 Å². The van der Waals surface area contributed by atoms with E-state index in [1.165, 1.54) is 0 Å². The Hall–Kier alpha value is -2.17. The minimum Gasteiger partial charge on any atom is -0.490 e. The van der Waals surface area contributed by atoms with Crippen LogP contribution in [0.3, 0.4) is 0 Å². The van der Waals surface area contributed by atoms with Crippen LogP contribution in [0.25, 0.3) is 0 Å². The van der Waals surface area contributed by atoms with Gasteiger partial charge in [-0.15, -0.1) is 0 Å². The molecular formula is C22H25Br2N3O4S. The van der Waals surface area contributed by atoms with Gasteiger partial charge in [-0.1, -0.05) is 35.8 Å². The van der Waals surface area contributed by atoms with Crippen molar-refractivity contribution in [3.63, 3.8) is 0 Å². The number of ether oxygens (including phenoxy) is 2. The number of hydrazine groups is 1. The average molecular weight is 587 g/mol. The number of benzene rings is 2. The zero-order chi connectivity index (χ0) is 23.8. The van der Waals surface area contributed by atoms with E-state index in [9.17, 15) is 9.59 Å². The Morgan fingerprint density at radius 2 is 1.69 bits per heavy atom. The van der Waals surface area contributed by atoms with Gasteiger partial charge < -0.3 is 9.47 Å². The van der Waals surface area contributed by atoms with Gasteiger partial charge in [-0.2, -0.15) is 0 Å². The lowest BCUT2D eigenvalue weighted by molar-refractivity contribution is -0.123. The predicted molar refractivity (Wildman–Crippen MR) is 135 cm³/mol. The third-order valence-electron chi connectivity index (χ3n) is 4.07. The van der Waals surface area contributed by atoms with Crippen molar-refractivity contribution in [3.05, 3.63) is 56.5 Å². The molecule has 0 atom stereocenters. The Bertz CT molecular complexity index is 999. The number of nitrogens with one attached hydrogen (secondary N) is 3. The Balaban J connectivity index is 1.86. The van der Waals surface area contributed by atoms with Crippen molar-refractivity contribution in [2.45, 2.75) is 39.7 Å². The summed E-state index contributed by atoms with van der Waals surface area (Å²) in [6.45, 7) is 7.69. The number of halogens is 2. The summed E-state index contributed by atoms with van der Waals surface area (Å²) in [6.07, 6.45) is -0.103. The zero-order valence-electron chi connectivity index (χ0n) is 18.1. The molecule has 2 amide bonds. The van der Waals surface area contributed by atoms with Crippen molar-refractivity contribution in [2.75, 3.05) is 6.61 Å². The highest BCUT2D eigenvalue weighted by atomic mass is 79.9. The van der Waals surface area contributed by atoms with Crippen LogP contribution in [0.2, 0.25) is 0 Å². The fourth-order valence-electron chi connectivity index (χ4n) is 2.54. The van der Waals surface area contributed by atoms with Gasteiger partial charge in [0.15, 0.2) is 11.7 Å². The number of amides is 2. The number of carbonyl (C=O) groups excluding carboxylic acids is 2. The van der Waals surface area contributed by atoms with Crippen LogP contribution in [-0.2, 0) is 4.79 Å². The molecule has 0 aliphatic rings. The Labute approximate surface area is 209 Å². The van der Waals surface area contributed by atoms with E-state index in [2.05, 4.69) is 61.9 Å². The predicted octanol–water partition coefficient (Wildman–Crippen LogP) is 4.84. The van der Waals surface area contributed by atoms with Crippen molar-refractivity contribution in [1.29, 1.82) is 0 Å². The molecule has 3 N–H and O–H groups in total. The first-order chi connectivity index (χ1) is 15.1. The van der Waals surface area contributed by atoms with E-state index >= 15 is 0 Å². The first-order valence-corrected chi connectivity index (χ1v) is 11.8. The van der Waals surface area contributed by atoms with Gasteiger partial charge in [0, 0.05) is 4.47 Å². The fraction of sp³-hybridized carbons (Fsp3) is 0.318. The summed E-state index contributed by atoms with van der Waals surface area (Å²) in [5.41, 5.74) is 6.34. The second-order valence-electron chi connectivity index (χ2n) is 7.40. The second kappa shape index (κ2) is 12.2. The van der Waals surface area contributed by atoms with Crippen LogP contribution in [0, 0.1) is 0 Å². The molecule has 172 valence electrons. The van der Waals surface area contributed by atoms with Crippen LogP contribution in [0.5, 0.6) is 11.5 Å². The normalized spacial score (nSPS) is 10.6. The molecule has 2 aromatic rings. The lowest BCUT2D eigenvalue weighted by Crippen LogP contribution is -2.49. The van der Waals surface area contributed by atoms with Crippen molar-refractivity contribution in [3.8, 4) is 11.5 Å². The summed E-state index contributed by atoms with van der Waals surface area (Å²) < 4.78 is 12.7. The Kier molecular flexibility index (Phi) is 9.92. The van der Waals surface area contributed by atoms with E-state index in [1.54, 1.807) is 24.3 Å². The molecule has 0 fully saturated rings. The zero-order valence-corrected chi connectivity index (χ0v) is 22.1. The molecule has 0 aliphatic heterocycles. The van der Waals surface area contributed by atoms with Crippen LogP contribution in [0.1, 0.15) is 49.5 Å². The van der Waals surface area contributed by atoms with E-state index in [-0.39, 0.29) is 17.8 Å². The van der Waals surface area contributed by atoms with E-state index in [1.807, 2.05) is 26.0 Å². The van der Waals surface area contributed by atoms with Gasteiger partial charge in [-0.25, -0.2) is 0 Å². The molecule has 0 saturated heterocycles. The molecular weight excluding hydrogens is 562 g/mol. The smallest absolute Gasteiger partial charge is 0.276 e. The summed E-state index contributed by atoms with van der Waals surface area (Å²) in [6, 6.07) is 10.8. The molecule has 0 aliphatic carbocycles. The second-order valence-corrected chi connectivity index (χ2v) is 9.58. The highest BCUT2D eigenvalue weighted by molar-refractivity contribution is 9.10. The van der Waals surface area contributed by atoms with Gasteiger partial charge in [0.2, 0.25) is 0 Å². The highest BCUT2D eigenvalue weighted by Crippen LogP contribution is 2.29. The standard InChI is InChI=1S/C22H25Br2N3O4S/c1-12(2)14-5-7-19(17(24)9-14)30-11-20(28)26-27-22(32)25-21(29)16-10-15(23)6-8-18(16)31-13(3)4/h5-10,12-13H,11H2,1-4H3,(H,26,28)(H2,25,27,29,32). The third kappa shape index (κ3) is 8.07. The fourth-order valence-corrected chi connectivity index (χ4v) is 3.55. The molecule has 0 aromatic heterocycles. The Morgan fingerprint density at radius 3 is 2.31 bits per heavy atom. The maximum absolute atomic E-state index is 12.6. The van der Waals surface area contributed by atoms with Crippen LogP contribution in [-0.4, -0.2) is 29.6 Å². The lowest BCUT2D eigenvalue weighted by Gasteiger charge is -2.16. The monoisotopic (exact) mass is 585 g/mol. The number of hydrogen-bond donors (Lipinski definition) is 3. The molecule has 0 bridgehead atoms. The number of carbonyl (C=O) groups is 2. The number of rotatable bonds is 7.